The summed E-state index contributed by atoms with van der Waals surface area (Å²) in [6.07, 6.45) is 3.63. The summed E-state index contributed by atoms with van der Waals surface area (Å²) in [5, 5.41) is 13.2. The number of para-hydroxylation sites is 1. The topological polar surface area (TPSA) is 41.6 Å². The van der Waals surface area contributed by atoms with Gasteiger partial charge in [0.15, 0.2) is 0 Å². The Bertz CT molecular complexity index is 530. The molecule has 0 N–H and O–H groups in total. The molecule has 1 aromatic heterocycles. The van der Waals surface area contributed by atoms with E-state index in [1.165, 1.54) is 20.6 Å². The van der Waals surface area contributed by atoms with E-state index in [0.29, 0.717) is 5.56 Å². The van der Waals surface area contributed by atoms with Crippen LogP contribution in [0, 0.1) is 11.3 Å². The molecule has 0 amide bonds. The maximum absolute atomic E-state index is 8.98. The Kier molecular flexibility index (Phi) is 3.83. The average Bonchev–Trinajstić information content (AvgIpc) is 2.78. The molecule has 3 nitrogen and oxygen atoms in total. The molecule has 0 saturated carbocycles. The molecule has 1 aromatic carbocycles. The Morgan fingerprint density at radius 2 is 2.19 bits per heavy atom. The molecule has 16 heavy (non-hydrogen) atoms. The van der Waals surface area contributed by atoms with Crippen molar-refractivity contribution in [2.45, 2.75) is 4.90 Å². The summed E-state index contributed by atoms with van der Waals surface area (Å²) in [5.74, 6) is 0. The van der Waals surface area contributed by atoms with Gasteiger partial charge < -0.3 is 0 Å². The summed E-state index contributed by atoms with van der Waals surface area (Å²) in [5.41, 5.74) is 1.40. The molecular formula is C10H7N3S3. The minimum absolute atomic E-state index is 0.612. The molecule has 0 saturated heterocycles. The van der Waals surface area contributed by atoms with Crippen molar-refractivity contribution in [1.82, 2.24) is 9.78 Å². The van der Waals surface area contributed by atoms with Gasteiger partial charge in [0.25, 0.3) is 0 Å². The van der Waals surface area contributed by atoms with E-state index >= 15 is 0 Å². The number of hydrogen-bond donors (Lipinski definition) is 1. The molecule has 1 heterocycles. The summed E-state index contributed by atoms with van der Waals surface area (Å²) in [6, 6.07) is 9.52. The van der Waals surface area contributed by atoms with Crippen molar-refractivity contribution in [1.29, 1.82) is 5.26 Å². The van der Waals surface area contributed by atoms with Gasteiger partial charge >= 0.3 is 0 Å². The highest BCUT2D eigenvalue weighted by Gasteiger charge is 2.05. The number of nitriles is 1. The summed E-state index contributed by atoms with van der Waals surface area (Å²) in [4.78, 5) is 1.01. The van der Waals surface area contributed by atoms with Gasteiger partial charge in [0, 0.05) is 6.20 Å². The van der Waals surface area contributed by atoms with E-state index in [0.717, 1.165) is 10.6 Å². The van der Waals surface area contributed by atoms with E-state index in [9.17, 15) is 0 Å². The number of thiol groups is 1. The lowest BCUT2D eigenvalue weighted by molar-refractivity contribution is 0.876. The first kappa shape index (κ1) is 11.5. The van der Waals surface area contributed by atoms with Crippen molar-refractivity contribution in [3.05, 3.63) is 42.2 Å². The van der Waals surface area contributed by atoms with Crippen molar-refractivity contribution >= 4 is 32.3 Å². The van der Waals surface area contributed by atoms with Gasteiger partial charge in [-0.15, -0.1) is 0 Å². The number of hydrogen-bond acceptors (Lipinski definition) is 5. The van der Waals surface area contributed by atoms with Crippen LogP contribution in [-0.2, 0) is 0 Å². The molecule has 0 unspecified atom stereocenters. The second kappa shape index (κ2) is 5.34. The normalized spacial score (nSPS) is 10.0. The van der Waals surface area contributed by atoms with E-state index in [2.05, 4.69) is 22.8 Å². The number of aromatic nitrogens is 2. The van der Waals surface area contributed by atoms with Crippen LogP contribution in [-0.4, -0.2) is 9.78 Å². The van der Waals surface area contributed by atoms with Crippen LogP contribution in [0.15, 0.2) is 41.6 Å². The lowest BCUT2D eigenvalue weighted by Gasteiger charge is -2.02. The summed E-state index contributed by atoms with van der Waals surface area (Å²) >= 11 is 4.06. The van der Waals surface area contributed by atoms with Crippen LogP contribution in [0.25, 0.3) is 5.69 Å². The van der Waals surface area contributed by atoms with Gasteiger partial charge in [0.2, 0.25) is 0 Å². The van der Waals surface area contributed by atoms with Crippen molar-refractivity contribution in [2.24, 2.45) is 0 Å². The molecule has 0 aliphatic rings. The van der Waals surface area contributed by atoms with Gasteiger partial charge in [-0.05, 0) is 32.8 Å². The van der Waals surface area contributed by atoms with Crippen molar-refractivity contribution < 1.29 is 0 Å². The molecule has 0 atom stereocenters. The molecule has 0 aliphatic carbocycles. The van der Waals surface area contributed by atoms with Crippen LogP contribution in [0.2, 0.25) is 0 Å². The van der Waals surface area contributed by atoms with Crippen molar-refractivity contribution in [3.8, 4) is 11.8 Å². The third-order valence-electron chi connectivity index (χ3n) is 1.96. The fourth-order valence-corrected chi connectivity index (χ4v) is 2.90. The van der Waals surface area contributed by atoms with Gasteiger partial charge in [-0.2, -0.15) is 10.4 Å². The number of benzene rings is 1. The molecule has 0 bridgehead atoms. The fourth-order valence-electron chi connectivity index (χ4n) is 1.29. The third kappa shape index (κ3) is 2.38. The van der Waals surface area contributed by atoms with Gasteiger partial charge in [0.05, 0.1) is 22.3 Å². The van der Waals surface area contributed by atoms with E-state index in [1.807, 2.05) is 24.4 Å². The highest BCUT2D eigenvalue weighted by Crippen LogP contribution is 2.33. The maximum Gasteiger partial charge on any atom is 0.101 e. The van der Waals surface area contributed by atoms with E-state index in [1.54, 1.807) is 16.9 Å². The van der Waals surface area contributed by atoms with Crippen LogP contribution >= 0.6 is 32.3 Å². The lowest BCUT2D eigenvalue weighted by atomic mass is 10.2. The minimum atomic E-state index is 0.612. The van der Waals surface area contributed by atoms with Crippen LogP contribution in [0.1, 0.15) is 5.56 Å². The lowest BCUT2D eigenvalue weighted by Crippen LogP contribution is -1.96. The quantitative estimate of drug-likeness (QED) is 0.683. The van der Waals surface area contributed by atoms with Gasteiger partial charge in [0.1, 0.15) is 6.07 Å². The second-order valence-electron chi connectivity index (χ2n) is 2.91. The zero-order valence-corrected chi connectivity index (χ0v) is 10.6. The van der Waals surface area contributed by atoms with Crippen LogP contribution < -0.4 is 0 Å². The molecule has 0 fully saturated rings. The van der Waals surface area contributed by atoms with Crippen molar-refractivity contribution in [3.63, 3.8) is 0 Å². The Balaban J connectivity index is 2.39. The molecule has 6 heteroatoms. The first-order chi connectivity index (χ1) is 7.85. The molecule has 0 radical (unpaired) electrons. The maximum atomic E-state index is 8.98. The monoisotopic (exact) mass is 265 g/mol. The standard InChI is InChI=1S/C10H7N3S3/c11-5-8-3-1-2-4-10(8)13-7-9(6-12-13)15-16-14/h1-4,6-7,14H. The summed E-state index contributed by atoms with van der Waals surface area (Å²) in [7, 11) is 2.88. The highest BCUT2D eigenvalue weighted by atomic mass is 33.5. The minimum Gasteiger partial charge on any atom is -0.238 e. The summed E-state index contributed by atoms with van der Waals surface area (Å²) < 4.78 is 1.70. The predicted octanol–water partition coefficient (Wildman–Crippen LogP) is 3.33. The van der Waals surface area contributed by atoms with Crippen LogP contribution in [0.4, 0.5) is 0 Å². The third-order valence-corrected chi connectivity index (χ3v) is 3.91. The van der Waals surface area contributed by atoms with Crippen LogP contribution in [0.5, 0.6) is 0 Å². The van der Waals surface area contributed by atoms with Crippen molar-refractivity contribution in [2.75, 3.05) is 0 Å². The largest absolute Gasteiger partial charge is 0.238 e. The van der Waals surface area contributed by atoms with E-state index in [4.69, 9.17) is 5.26 Å². The van der Waals surface area contributed by atoms with Gasteiger partial charge in [-0.1, -0.05) is 23.8 Å². The molecule has 0 aliphatic heterocycles. The average molecular weight is 265 g/mol. The van der Waals surface area contributed by atoms with Gasteiger partial charge in [-0.25, -0.2) is 4.68 Å². The Morgan fingerprint density at radius 3 is 2.94 bits per heavy atom. The molecule has 0 spiro atoms. The molecule has 2 rings (SSSR count). The van der Waals surface area contributed by atoms with E-state index < -0.39 is 0 Å². The SMILES string of the molecule is N#Cc1ccccc1-n1cc(SSS)cn1. The van der Waals surface area contributed by atoms with Gasteiger partial charge in [-0.3, -0.25) is 0 Å². The number of nitrogens with zero attached hydrogens (tertiary/aromatic N) is 3. The Hall–Kier alpha value is -1.03. The fraction of sp³-hybridized carbons (Fsp3) is 0. The molecular weight excluding hydrogens is 258 g/mol. The molecule has 80 valence electrons. The summed E-state index contributed by atoms with van der Waals surface area (Å²) in [6.45, 7) is 0. The zero-order chi connectivity index (χ0) is 11.4. The second-order valence-corrected chi connectivity index (χ2v) is 5.98. The Morgan fingerprint density at radius 1 is 1.38 bits per heavy atom. The van der Waals surface area contributed by atoms with Crippen LogP contribution in [0.3, 0.4) is 0 Å². The van der Waals surface area contributed by atoms with E-state index in [-0.39, 0.29) is 0 Å². The zero-order valence-electron chi connectivity index (χ0n) is 8.07. The predicted molar refractivity (Wildman–Crippen MR) is 70.7 cm³/mol. The molecule has 2 aromatic rings. The smallest absolute Gasteiger partial charge is 0.101 e. The first-order valence-corrected chi connectivity index (χ1v) is 7.57. The Labute approximate surface area is 106 Å². The first-order valence-electron chi connectivity index (χ1n) is 4.37. The number of rotatable bonds is 3. The highest BCUT2D eigenvalue weighted by molar-refractivity contribution is 9.05.